The summed E-state index contributed by atoms with van der Waals surface area (Å²) in [5.41, 5.74) is 2.69. The number of carboxylic acid groups (broad SMARTS) is 1. The number of carbonyl (C=O) groups is 2. The Morgan fingerprint density at radius 3 is 2.53 bits per heavy atom. The summed E-state index contributed by atoms with van der Waals surface area (Å²) in [5, 5.41) is 15.8. The maximum atomic E-state index is 13.8. The largest absolute Gasteiger partial charge is 0.480 e. The summed E-state index contributed by atoms with van der Waals surface area (Å²) in [6.45, 7) is 4.46. The maximum Gasteiger partial charge on any atom is 0.326 e. The molecule has 9 heteroatoms. The van der Waals surface area contributed by atoms with Crippen LogP contribution in [0, 0.1) is 18.7 Å². The molecule has 1 amide bonds. The molecule has 200 valence electrons. The van der Waals surface area contributed by atoms with Gasteiger partial charge < -0.3 is 20.6 Å². The van der Waals surface area contributed by atoms with Crippen LogP contribution < -0.4 is 15.5 Å². The summed E-state index contributed by atoms with van der Waals surface area (Å²) in [4.78, 5) is 32.0. The van der Waals surface area contributed by atoms with Crippen LogP contribution >= 0.6 is 11.8 Å². The summed E-state index contributed by atoms with van der Waals surface area (Å²) in [5.74, 6) is -0.572. The second kappa shape index (κ2) is 12.8. The number of thioether (sulfide) groups is 1. The molecular formula is C29H33FN4O3S. The van der Waals surface area contributed by atoms with E-state index in [2.05, 4.69) is 20.5 Å². The van der Waals surface area contributed by atoms with Gasteiger partial charge in [0.2, 0.25) is 0 Å². The van der Waals surface area contributed by atoms with Gasteiger partial charge in [-0.1, -0.05) is 18.2 Å². The van der Waals surface area contributed by atoms with Gasteiger partial charge in [-0.25, -0.2) is 14.2 Å². The lowest BCUT2D eigenvalue weighted by Gasteiger charge is -2.34. The van der Waals surface area contributed by atoms with E-state index < -0.39 is 23.7 Å². The number of halogens is 1. The first kappa shape index (κ1) is 27.4. The zero-order valence-corrected chi connectivity index (χ0v) is 22.4. The third-order valence-electron chi connectivity index (χ3n) is 6.91. The van der Waals surface area contributed by atoms with Gasteiger partial charge >= 0.3 is 5.97 Å². The lowest BCUT2D eigenvalue weighted by atomic mass is 9.96. The highest BCUT2D eigenvalue weighted by molar-refractivity contribution is 7.98. The van der Waals surface area contributed by atoms with E-state index >= 15 is 0 Å². The van der Waals surface area contributed by atoms with E-state index in [0.29, 0.717) is 21.9 Å². The molecule has 0 saturated carbocycles. The quantitative estimate of drug-likeness (QED) is 0.314. The number of carbonyl (C=O) groups excluding carboxylic acids is 1. The first-order chi connectivity index (χ1) is 18.3. The Kier molecular flexibility index (Phi) is 9.23. The van der Waals surface area contributed by atoms with Crippen LogP contribution in [0.2, 0.25) is 0 Å². The van der Waals surface area contributed by atoms with Gasteiger partial charge in [-0.15, -0.1) is 11.8 Å². The van der Waals surface area contributed by atoms with E-state index in [0.717, 1.165) is 49.5 Å². The van der Waals surface area contributed by atoms with E-state index in [1.165, 1.54) is 23.9 Å². The Labute approximate surface area is 226 Å². The zero-order chi connectivity index (χ0) is 27.1. The van der Waals surface area contributed by atoms with E-state index in [1.807, 2.05) is 42.5 Å². The minimum atomic E-state index is -1.12. The average Bonchev–Trinajstić information content (AvgIpc) is 2.92. The maximum absolute atomic E-state index is 13.8. The molecule has 1 saturated heterocycles. The van der Waals surface area contributed by atoms with Crippen LogP contribution in [0.5, 0.6) is 0 Å². The molecule has 1 fully saturated rings. The summed E-state index contributed by atoms with van der Waals surface area (Å²) in [7, 11) is 0. The first-order valence-electron chi connectivity index (χ1n) is 12.7. The Morgan fingerprint density at radius 2 is 1.89 bits per heavy atom. The van der Waals surface area contributed by atoms with Gasteiger partial charge in [0, 0.05) is 42.8 Å². The fourth-order valence-corrected chi connectivity index (χ4v) is 5.47. The van der Waals surface area contributed by atoms with Gasteiger partial charge in [-0.3, -0.25) is 4.79 Å². The summed E-state index contributed by atoms with van der Waals surface area (Å²) >= 11 is 1.25. The summed E-state index contributed by atoms with van der Waals surface area (Å²) in [6, 6.07) is 15.2. The molecule has 0 radical (unpaired) electrons. The zero-order valence-electron chi connectivity index (χ0n) is 21.6. The van der Waals surface area contributed by atoms with Gasteiger partial charge in [-0.2, -0.15) is 0 Å². The van der Waals surface area contributed by atoms with Crippen LogP contribution in [0.4, 0.5) is 15.9 Å². The molecule has 1 aliphatic rings. The van der Waals surface area contributed by atoms with Crippen molar-refractivity contribution in [2.24, 2.45) is 5.92 Å². The van der Waals surface area contributed by atoms with Crippen LogP contribution in [0.25, 0.3) is 0 Å². The van der Waals surface area contributed by atoms with E-state index in [4.69, 9.17) is 0 Å². The molecule has 2 heterocycles. The third kappa shape index (κ3) is 7.04. The average molecular weight is 537 g/mol. The van der Waals surface area contributed by atoms with Gasteiger partial charge in [0.25, 0.3) is 5.91 Å². The number of carboxylic acids is 1. The van der Waals surface area contributed by atoms with Gasteiger partial charge in [0.05, 0.1) is 5.56 Å². The molecule has 1 unspecified atom stereocenters. The number of hydrogen-bond acceptors (Lipinski definition) is 6. The Morgan fingerprint density at radius 1 is 1.16 bits per heavy atom. The second-order valence-corrected chi connectivity index (χ2v) is 10.4. The smallest absolute Gasteiger partial charge is 0.326 e. The van der Waals surface area contributed by atoms with Crippen molar-refractivity contribution in [3.8, 4) is 0 Å². The minimum absolute atomic E-state index is 0.150. The number of aromatic nitrogens is 1. The fourth-order valence-electron chi connectivity index (χ4n) is 4.78. The number of pyridine rings is 1. The highest BCUT2D eigenvalue weighted by atomic mass is 32.2. The third-order valence-corrected chi connectivity index (χ3v) is 7.67. The molecule has 1 aliphatic heterocycles. The van der Waals surface area contributed by atoms with Crippen molar-refractivity contribution in [3.63, 3.8) is 0 Å². The number of hydrogen-bond donors (Lipinski definition) is 3. The van der Waals surface area contributed by atoms with Crippen LogP contribution in [0.15, 0.2) is 65.7 Å². The molecule has 0 aliphatic carbocycles. The number of aryl methyl sites for hydroxylation is 1. The van der Waals surface area contributed by atoms with Gasteiger partial charge in [-0.05, 0) is 79.5 Å². The second-order valence-electron chi connectivity index (χ2n) is 9.56. The lowest BCUT2D eigenvalue weighted by Crippen LogP contribution is -2.42. The molecule has 1 aromatic heterocycles. The number of anilines is 2. The highest BCUT2D eigenvalue weighted by Crippen LogP contribution is 2.26. The SMILES string of the molecule is CSc1cc(F)cc(C)c1C(=O)NC(Cc1ccc(N2CCC(CNc3ccccn3)CC2)cc1)C(=O)O. The van der Waals surface area contributed by atoms with Gasteiger partial charge in [0.1, 0.15) is 17.7 Å². The monoisotopic (exact) mass is 536 g/mol. The summed E-state index contributed by atoms with van der Waals surface area (Å²) < 4.78 is 13.8. The number of rotatable bonds is 10. The lowest BCUT2D eigenvalue weighted by molar-refractivity contribution is -0.139. The van der Waals surface area contributed by atoms with Crippen LogP contribution in [0.1, 0.15) is 34.3 Å². The Hall–Kier alpha value is -3.59. The summed E-state index contributed by atoms with van der Waals surface area (Å²) in [6.07, 6.45) is 5.85. The van der Waals surface area contributed by atoms with Crippen LogP contribution in [0.3, 0.4) is 0 Å². The van der Waals surface area contributed by atoms with E-state index in [-0.39, 0.29) is 6.42 Å². The van der Waals surface area contributed by atoms with Crippen LogP contribution in [-0.2, 0) is 11.2 Å². The number of amides is 1. The molecule has 3 aromatic rings. The topological polar surface area (TPSA) is 94.6 Å². The van der Waals surface area contributed by atoms with Crippen molar-refractivity contribution in [1.29, 1.82) is 0 Å². The molecule has 1 atom stereocenters. The highest BCUT2D eigenvalue weighted by Gasteiger charge is 2.25. The van der Waals surface area contributed by atoms with E-state index in [1.54, 1.807) is 19.4 Å². The van der Waals surface area contributed by atoms with E-state index in [9.17, 15) is 19.1 Å². The van der Waals surface area contributed by atoms with Crippen molar-refractivity contribution in [2.75, 3.05) is 36.1 Å². The number of aliphatic carboxylic acids is 1. The Bertz CT molecular complexity index is 1250. The number of piperidine rings is 1. The number of nitrogens with zero attached hydrogens (tertiary/aromatic N) is 2. The molecular weight excluding hydrogens is 503 g/mol. The Balaban J connectivity index is 1.32. The van der Waals surface area contributed by atoms with Crippen molar-refractivity contribution in [1.82, 2.24) is 10.3 Å². The minimum Gasteiger partial charge on any atom is -0.480 e. The molecule has 3 N–H and O–H groups in total. The molecule has 38 heavy (non-hydrogen) atoms. The number of nitrogens with one attached hydrogen (secondary N) is 2. The molecule has 0 bridgehead atoms. The molecule has 2 aromatic carbocycles. The molecule has 4 rings (SSSR count). The first-order valence-corrected chi connectivity index (χ1v) is 13.9. The van der Waals surface area contributed by atoms with Crippen molar-refractivity contribution in [2.45, 2.75) is 37.1 Å². The predicted molar refractivity (Wildman–Crippen MR) is 150 cm³/mol. The van der Waals surface area contributed by atoms with Crippen LogP contribution in [-0.4, -0.2) is 53.9 Å². The van der Waals surface area contributed by atoms with Gasteiger partial charge in [0.15, 0.2) is 0 Å². The molecule has 7 nitrogen and oxygen atoms in total. The standard InChI is InChI=1S/C29H33FN4O3S/c1-19-15-22(30)17-25(38-2)27(19)28(35)33-24(29(36)37)16-20-6-8-23(9-7-20)34-13-10-21(11-14-34)18-32-26-5-3-4-12-31-26/h3-9,12,15,17,21,24H,10-11,13-14,16,18H2,1-2H3,(H,31,32)(H,33,35)(H,36,37). The normalized spacial score (nSPS) is 14.7. The van der Waals surface area contributed by atoms with Crippen molar-refractivity contribution >= 4 is 35.1 Å². The number of benzene rings is 2. The fraction of sp³-hybridized carbons (Fsp3) is 0.345. The molecule has 0 spiro atoms. The van der Waals surface area contributed by atoms with Crippen molar-refractivity contribution < 1.29 is 19.1 Å². The van der Waals surface area contributed by atoms with Crippen molar-refractivity contribution in [3.05, 3.63) is 83.3 Å². The predicted octanol–water partition coefficient (Wildman–Crippen LogP) is 5.01.